The lowest BCUT2D eigenvalue weighted by atomic mass is 10.5. The number of ether oxygens (including phenoxy) is 2. The van der Waals surface area contributed by atoms with E-state index in [0.29, 0.717) is 23.5 Å². The Morgan fingerprint density at radius 1 is 1.30 bits per heavy atom. The zero-order valence-corrected chi connectivity index (χ0v) is 18.9. The van der Waals surface area contributed by atoms with Crippen LogP contribution in [0.2, 0.25) is 0 Å². The molecule has 0 spiro atoms. The molecule has 180 valence electrons. The predicted octanol–water partition coefficient (Wildman–Crippen LogP) is -1.03. The highest BCUT2D eigenvalue weighted by molar-refractivity contribution is 8.00. The van der Waals surface area contributed by atoms with Gasteiger partial charge in [0.1, 0.15) is 35.7 Å². The molecule has 15 nitrogen and oxygen atoms in total. The molecule has 7 N–H and O–H groups in total. The summed E-state index contributed by atoms with van der Waals surface area (Å²) in [7, 11) is -4.12. The van der Waals surface area contributed by atoms with E-state index in [1.54, 1.807) is 16.8 Å². The monoisotopic (exact) mass is 502 g/mol. The van der Waals surface area contributed by atoms with E-state index >= 15 is 0 Å². The van der Waals surface area contributed by atoms with Crippen molar-refractivity contribution >= 4 is 42.2 Å². The van der Waals surface area contributed by atoms with Gasteiger partial charge >= 0.3 is 13.3 Å². The highest BCUT2D eigenvalue weighted by atomic mass is 32.2. The van der Waals surface area contributed by atoms with Gasteiger partial charge in [-0.05, 0) is 6.07 Å². The van der Waals surface area contributed by atoms with Crippen LogP contribution in [0.3, 0.4) is 0 Å². The lowest BCUT2D eigenvalue weighted by molar-refractivity contribution is -0.00629. The molecule has 1 aliphatic heterocycles. The maximum absolute atomic E-state index is 11.4. The summed E-state index contributed by atoms with van der Waals surface area (Å²) in [4.78, 5) is 44.2. The Morgan fingerprint density at radius 3 is 2.76 bits per heavy atom. The second-order valence-electron chi connectivity index (χ2n) is 6.65. The van der Waals surface area contributed by atoms with Gasteiger partial charge in [-0.3, -0.25) is 9.13 Å². The smallest absolute Gasteiger partial charge is 0.351 e. The van der Waals surface area contributed by atoms with Crippen LogP contribution in [-0.2, 0) is 20.6 Å². The van der Waals surface area contributed by atoms with Crippen molar-refractivity contribution < 1.29 is 28.9 Å². The van der Waals surface area contributed by atoms with Gasteiger partial charge in [-0.1, -0.05) is 0 Å². The van der Waals surface area contributed by atoms with Crippen LogP contribution in [0.1, 0.15) is 6.23 Å². The number of nitrogens with two attached hydrogens (primary N) is 2. The first-order valence-electron chi connectivity index (χ1n) is 9.44. The lowest BCUT2D eigenvalue weighted by Gasteiger charge is -2.13. The summed E-state index contributed by atoms with van der Waals surface area (Å²) < 4.78 is 23.9. The van der Waals surface area contributed by atoms with Crippen molar-refractivity contribution in [1.82, 2.24) is 29.1 Å². The van der Waals surface area contributed by atoms with E-state index in [1.165, 1.54) is 29.0 Å². The van der Waals surface area contributed by atoms with Crippen molar-refractivity contribution in [3.8, 4) is 0 Å². The van der Waals surface area contributed by atoms with Crippen molar-refractivity contribution in [3.05, 3.63) is 35.4 Å². The van der Waals surface area contributed by atoms with E-state index in [2.05, 4.69) is 19.9 Å². The summed E-state index contributed by atoms with van der Waals surface area (Å²) in [6, 6.07) is 1.54. The van der Waals surface area contributed by atoms with Crippen molar-refractivity contribution in [3.63, 3.8) is 0 Å². The van der Waals surface area contributed by atoms with E-state index in [-0.39, 0.29) is 36.5 Å². The second kappa shape index (κ2) is 11.0. The number of nitrogen functional groups attached to an aromatic ring is 2. The van der Waals surface area contributed by atoms with Crippen LogP contribution in [-0.4, -0.2) is 74.7 Å². The maximum atomic E-state index is 11.4. The SMILES string of the molecule is Nc1ccn([C@@H]2CS[C@H](CO)O2)c(=O)n1.Nc1ncnc2c1ncn2CCOCP(=O)(O)O. The summed E-state index contributed by atoms with van der Waals surface area (Å²) in [6.07, 6.45) is 3.43. The van der Waals surface area contributed by atoms with E-state index < -0.39 is 19.6 Å². The number of hydrogen-bond acceptors (Lipinski definition) is 12. The molecule has 3 aromatic rings. The van der Waals surface area contributed by atoms with Gasteiger partial charge < -0.3 is 40.4 Å². The molecule has 33 heavy (non-hydrogen) atoms. The Bertz CT molecular complexity index is 1190. The molecule has 1 aliphatic rings. The number of hydrogen-bond donors (Lipinski definition) is 5. The number of fused-ring (bicyclic) bond motifs is 1. The van der Waals surface area contributed by atoms with Crippen LogP contribution >= 0.6 is 19.4 Å². The third-order valence-electron chi connectivity index (χ3n) is 4.21. The fraction of sp³-hybridized carbons (Fsp3) is 0.438. The summed E-state index contributed by atoms with van der Waals surface area (Å²) in [6.45, 7) is 0.450. The molecular formula is C16H23N8O7PS. The number of aliphatic hydroxyl groups excluding tert-OH is 1. The first kappa shape index (κ1) is 25.0. The van der Waals surface area contributed by atoms with Crippen LogP contribution in [0.5, 0.6) is 0 Å². The molecule has 0 saturated carbocycles. The number of thioether (sulfide) groups is 1. The van der Waals surface area contributed by atoms with E-state index in [4.69, 9.17) is 35.8 Å². The number of anilines is 2. The van der Waals surface area contributed by atoms with Gasteiger partial charge in [0, 0.05) is 18.5 Å². The average Bonchev–Trinajstić information content (AvgIpc) is 3.39. The van der Waals surface area contributed by atoms with Crippen molar-refractivity contribution in [2.24, 2.45) is 0 Å². The zero-order chi connectivity index (χ0) is 24.0. The van der Waals surface area contributed by atoms with Gasteiger partial charge in [-0.2, -0.15) is 4.98 Å². The fourth-order valence-corrected chi connectivity index (χ4v) is 4.04. The first-order valence-corrected chi connectivity index (χ1v) is 12.3. The molecule has 1 fully saturated rings. The van der Waals surface area contributed by atoms with Gasteiger partial charge in [0.25, 0.3) is 0 Å². The van der Waals surface area contributed by atoms with Crippen molar-refractivity contribution in [2.75, 3.05) is 36.8 Å². The summed E-state index contributed by atoms with van der Waals surface area (Å²) >= 11 is 1.47. The number of aromatic nitrogens is 6. The van der Waals surface area contributed by atoms with Crippen molar-refractivity contribution in [2.45, 2.75) is 18.2 Å². The van der Waals surface area contributed by atoms with Crippen LogP contribution in [0.15, 0.2) is 29.7 Å². The van der Waals surface area contributed by atoms with Crippen LogP contribution in [0.25, 0.3) is 11.2 Å². The molecule has 0 unspecified atom stereocenters. The quantitative estimate of drug-likeness (QED) is 0.192. The average molecular weight is 502 g/mol. The molecule has 4 rings (SSSR count). The number of aliphatic hydroxyl groups is 1. The van der Waals surface area contributed by atoms with Gasteiger partial charge in [0.2, 0.25) is 0 Å². The van der Waals surface area contributed by atoms with Crippen molar-refractivity contribution in [1.29, 1.82) is 0 Å². The van der Waals surface area contributed by atoms with Crippen LogP contribution < -0.4 is 17.2 Å². The van der Waals surface area contributed by atoms with Gasteiger partial charge in [-0.15, -0.1) is 11.8 Å². The third-order valence-corrected chi connectivity index (χ3v) is 5.84. The Morgan fingerprint density at radius 2 is 2.09 bits per heavy atom. The second-order valence-corrected chi connectivity index (χ2v) is 9.43. The standard InChI is InChI=1S/C8H12N5O4P.C8H11N3O3S/c9-7-6-8(11-3-10-7)13(4-12-6)1-2-17-5-18(14,15)16;9-5-1-2-11(8(13)10-5)6-4-15-7(3-12)14-6/h3-4H,1-2,5H2,(H2,9,10,11)(H2,14,15,16);1-2,6-7,12H,3-4H2,(H2,9,10,13)/t;6-,7+/m.0/s1. The molecule has 2 atom stereocenters. The van der Waals surface area contributed by atoms with Gasteiger partial charge in [-0.25, -0.2) is 19.7 Å². The molecule has 0 aromatic carbocycles. The van der Waals surface area contributed by atoms with Gasteiger partial charge in [0.15, 0.2) is 11.5 Å². The molecule has 4 heterocycles. The highest BCUT2D eigenvalue weighted by Gasteiger charge is 2.27. The van der Waals surface area contributed by atoms with E-state index in [9.17, 15) is 9.36 Å². The Labute approximate surface area is 190 Å². The van der Waals surface area contributed by atoms with Crippen LogP contribution in [0, 0.1) is 0 Å². The van der Waals surface area contributed by atoms with Crippen LogP contribution in [0.4, 0.5) is 11.6 Å². The first-order chi connectivity index (χ1) is 15.7. The molecular weight excluding hydrogens is 479 g/mol. The molecule has 0 aliphatic carbocycles. The van der Waals surface area contributed by atoms with E-state index in [1.807, 2.05) is 0 Å². The summed E-state index contributed by atoms with van der Waals surface area (Å²) in [5.74, 6) is 1.10. The number of nitrogens with zero attached hydrogens (tertiary/aromatic N) is 6. The van der Waals surface area contributed by atoms with Gasteiger partial charge in [0.05, 0.1) is 19.5 Å². The molecule has 0 amide bonds. The zero-order valence-electron chi connectivity index (χ0n) is 17.2. The maximum Gasteiger partial charge on any atom is 0.351 e. The Kier molecular flexibility index (Phi) is 8.36. The lowest BCUT2D eigenvalue weighted by Crippen LogP contribution is -2.28. The summed E-state index contributed by atoms with van der Waals surface area (Å²) in [5.41, 5.74) is 11.3. The molecule has 0 radical (unpaired) electrons. The molecule has 17 heteroatoms. The third kappa shape index (κ3) is 6.94. The molecule has 3 aromatic heterocycles. The molecule has 1 saturated heterocycles. The minimum absolute atomic E-state index is 0.0572. The Balaban J connectivity index is 0.000000189. The number of rotatable bonds is 7. The topological polar surface area (TPSA) is 227 Å². The number of imidazole rings is 1. The minimum atomic E-state index is -4.12. The fourth-order valence-electron chi connectivity index (χ4n) is 2.74. The van der Waals surface area contributed by atoms with E-state index in [0.717, 1.165) is 0 Å². The Hall–Kier alpha value is -2.59. The normalized spacial score (nSPS) is 18.3. The predicted molar refractivity (Wildman–Crippen MR) is 119 cm³/mol. The highest BCUT2D eigenvalue weighted by Crippen LogP contribution is 2.33. The largest absolute Gasteiger partial charge is 0.393 e. The minimum Gasteiger partial charge on any atom is -0.393 e. The summed E-state index contributed by atoms with van der Waals surface area (Å²) in [5, 5.41) is 8.88. The molecule has 0 bridgehead atoms.